The van der Waals surface area contributed by atoms with Gasteiger partial charge >= 0.3 is 0 Å². The number of fused-ring (bicyclic) bond motifs is 1. The molecule has 8 nitrogen and oxygen atoms in total. The summed E-state index contributed by atoms with van der Waals surface area (Å²) in [6.07, 6.45) is 1.78. The molecule has 1 fully saturated rings. The number of nitrogens with zero attached hydrogens (tertiary/aromatic N) is 2. The molecule has 0 bridgehead atoms. The van der Waals surface area contributed by atoms with Crippen LogP contribution < -0.4 is 4.72 Å². The van der Waals surface area contributed by atoms with Crippen molar-refractivity contribution < 1.29 is 21.6 Å². The molecule has 0 saturated carbocycles. The number of rotatable bonds is 8. The van der Waals surface area contributed by atoms with Gasteiger partial charge in [-0.2, -0.15) is 4.31 Å². The van der Waals surface area contributed by atoms with Crippen LogP contribution in [0.15, 0.2) is 58.3 Å². The van der Waals surface area contributed by atoms with Gasteiger partial charge in [0.25, 0.3) is 0 Å². The van der Waals surface area contributed by atoms with E-state index in [1.807, 2.05) is 6.07 Å². The molecule has 1 N–H and O–H groups in total. The van der Waals surface area contributed by atoms with Crippen molar-refractivity contribution in [2.24, 2.45) is 0 Å². The van der Waals surface area contributed by atoms with Gasteiger partial charge in [0.1, 0.15) is 0 Å². The van der Waals surface area contributed by atoms with E-state index in [0.717, 1.165) is 25.9 Å². The molecule has 2 heterocycles. The van der Waals surface area contributed by atoms with Crippen LogP contribution in [-0.4, -0.2) is 71.5 Å². The van der Waals surface area contributed by atoms with Crippen LogP contribution in [0.4, 0.5) is 0 Å². The third-order valence-electron chi connectivity index (χ3n) is 6.40. The molecule has 0 radical (unpaired) electrons. The summed E-state index contributed by atoms with van der Waals surface area (Å²) >= 11 is 0. The van der Waals surface area contributed by atoms with Crippen molar-refractivity contribution >= 4 is 20.0 Å². The zero-order chi connectivity index (χ0) is 23.5. The molecule has 1 saturated heterocycles. The lowest BCUT2D eigenvalue weighted by molar-refractivity contribution is 0.0730. The number of sulfonamides is 2. The monoisotopic (exact) mass is 493 g/mol. The van der Waals surface area contributed by atoms with Crippen LogP contribution >= 0.6 is 0 Å². The summed E-state index contributed by atoms with van der Waals surface area (Å²) in [6, 6.07) is 13.9. The highest BCUT2D eigenvalue weighted by Crippen LogP contribution is 2.22. The Labute approximate surface area is 196 Å². The van der Waals surface area contributed by atoms with E-state index in [4.69, 9.17) is 4.74 Å². The molecular formula is C23H31N3O5S2. The first kappa shape index (κ1) is 24.3. The minimum Gasteiger partial charge on any atom is -0.379 e. The van der Waals surface area contributed by atoms with Gasteiger partial charge in [0.15, 0.2) is 0 Å². The Kier molecular flexibility index (Phi) is 7.52. The van der Waals surface area contributed by atoms with E-state index in [9.17, 15) is 16.8 Å². The molecule has 4 rings (SSSR count). The normalized spacial score (nSPS) is 19.2. The predicted octanol–water partition coefficient (Wildman–Crippen LogP) is 1.82. The molecule has 2 aliphatic heterocycles. The first-order valence-electron chi connectivity index (χ1n) is 11.3. The largest absolute Gasteiger partial charge is 0.379 e. The average molecular weight is 494 g/mol. The van der Waals surface area contributed by atoms with Gasteiger partial charge in [0.2, 0.25) is 20.0 Å². The summed E-state index contributed by atoms with van der Waals surface area (Å²) in [5.74, 6) is 0. The summed E-state index contributed by atoms with van der Waals surface area (Å²) < 4.78 is 60.6. The standard InChI is InChI=1S/C23H31N3O5S2/c1-2-21(25-12-11-19-5-3-4-6-20(19)18-25)17-24-32(27,28)22-7-9-23(10-8-22)33(29,30)26-13-15-31-16-14-26/h3-10,21,24H,2,11-18H2,1H3. The van der Waals surface area contributed by atoms with Crippen LogP contribution in [0.1, 0.15) is 24.5 Å². The Morgan fingerprint density at radius 1 is 0.909 bits per heavy atom. The maximum absolute atomic E-state index is 12.9. The van der Waals surface area contributed by atoms with Crippen LogP contribution in [0.2, 0.25) is 0 Å². The number of hydrogen-bond acceptors (Lipinski definition) is 6. The molecule has 180 valence electrons. The minimum atomic E-state index is -3.76. The molecule has 0 amide bonds. The van der Waals surface area contributed by atoms with Crippen LogP contribution in [0.3, 0.4) is 0 Å². The molecule has 2 aromatic carbocycles. The summed E-state index contributed by atoms with van der Waals surface area (Å²) in [6.45, 7) is 5.37. The average Bonchev–Trinajstić information content (AvgIpc) is 2.85. The fourth-order valence-corrected chi connectivity index (χ4v) is 6.86. The third-order valence-corrected chi connectivity index (χ3v) is 9.75. The van der Waals surface area contributed by atoms with Gasteiger partial charge in [-0.1, -0.05) is 31.2 Å². The Hall–Kier alpha value is -1.82. The molecule has 1 unspecified atom stereocenters. The van der Waals surface area contributed by atoms with Crippen molar-refractivity contribution in [3.63, 3.8) is 0 Å². The highest BCUT2D eigenvalue weighted by Gasteiger charge is 2.28. The van der Waals surface area contributed by atoms with Gasteiger partial charge in [-0.25, -0.2) is 21.6 Å². The Morgan fingerprint density at radius 2 is 1.55 bits per heavy atom. The Balaban J connectivity index is 1.41. The van der Waals surface area contributed by atoms with Crippen molar-refractivity contribution in [3.05, 3.63) is 59.7 Å². The topological polar surface area (TPSA) is 96.0 Å². The first-order chi connectivity index (χ1) is 15.8. The highest BCUT2D eigenvalue weighted by molar-refractivity contribution is 7.89. The quantitative estimate of drug-likeness (QED) is 0.603. The minimum absolute atomic E-state index is 0.0577. The van der Waals surface area contributed by atoms with Crippen LogP contribution in [0.25, 0.3) is 0 Å². The van der Waals surface area contributed by atoms with Gasteiger partial charge < -0.3 is 4.74 Å². The van der Waals surface area contributed by atoms with E-state index in [1.165, 1.54) is 39.7 Å². The first-order valence-corrected chi connectivity index (χ1v) is 14.2. The van der Waals surface area contributed by atoms with Gasteiger partial charge in [-0.05, 0) is 48.2 Å². The van der Waals surface area contributed by atoms with Crippen molar-refractivity contribution in [3.8, 4) is 0 Å². The van der Waals surface area contributed by atoms with E-state index in [0.29, 0.717) is 32.8 Å². The molecule has 0 spiro atoms. The van der Waals surface area contributed by atoms with Crippen molar-refractivity contribution in [2.45, 2.75) is 42.1 Å². The number of morpholine rings is 1. The highest BCUT2D eigenvalue weighted by atomic mass is 32.2. The van der Waals surface area contributed by atoms with E-state index in [1.54, 1.807) is 0 Å². The molecule has 0 aliphatic carbocycles. The summed E-state index contributed by atoms with van der Waals surface area (Å²) in [7, 11) is -7.42. The van der Waals surface area contributed by atoms with Gasteiger partial charge in [-0.3, -0.25) is 4.90 Å². The molecular weight excluding hydrogens is 462 g/mol. The molecule has 1 atom stereocenters. The second kappa shape index (κ2) is 10.2. The van der Waals surface area contributed by atoms with Gasteiger partial charge in [0.05, 0.1) is 23.0 Å². The molecule has 10 heteroatoms. The van der Waals surface area contributed by atoms with Crippen molar-refractivity contribution in [1.29, 1.82) is 0 Å². The fraction of sp³-hybridized carbons (Fsp3) is 0.478. The third kappa shape index (κ3) is 5.47. The lowest BCUT2D eigenvalue weighted by Gasteiger charge is -2.35. The zero-order valence-electron chi connectivity index (χ0n) is 18.8. The summed E-state index contributed by atoms with van der Waals surface area (Å²) in [4.78, 5) is 2.46. The second-order valence-corrected chi connectivity index (χ2v) is 12.1. The number of ether oxygens (including phenoxy) is 1. The van der Waals surface area contributed by atoms with Crippen LogP contribution in [0.5, 0.6) is 0 Å². The molecule has 33 heavy (non-hydrogen) atoms. The number of nitrogens with one attached hydrogen (secondary N) is 1. The van der Waals surface area contributed by atoms with Crippen molar-refractivity contribution in [1.82, 2.24) is 13.9 Å². The lowest BCUT2D eigenvalue weighted by atomic mass is 9.98. The maximum atomic E-state index is 12.9. The molecule has 2 aromatic rings. The van der Waals surface area contributed by atoms with E-state index in [-0.39, 0.29) is 15.8 Å². The Morgan fingerprint density at radius 3 is 2.21 bits per heavy atom. The number of hydrogen-bond donors (Lipinski definition) is 1. The zero-order valence-corrected chi connectivity index (χ0v) is 20.4. The van der Waals surface area contributed by atoms with Gasteiger partial charge in [-0.15, -0.1) is 0 Å². The Bertz CT molecular complexity index is 1160. The maximum Gasteiger partial charge on any atom is 0.243 e. The van der Waals surface area contributed by atoms with Gasteiger partial charge in [0, 0.05) is 38.8 Å². The SMILES string of the molecule is CCC(CNS(=O)(=O)c1ccc(S(=O)(=O)N2CCOCC2)cc1)N1CCc2ccccc2C1. The molecule has 2 aliphatic rings. The molecule has 0 aromatic heterocycles. The fourth-order valence-electron chi connectivity index (χ4n) is 4.38. The summed E-state index contributed by atoms with van der Waals surface area (Å²) in [5, 5.41) is 0. The van der Waals surface area contributed by atoms with Crippen LogP contribution in [-0.2, 0) is 37.7 Å². The predicted molar refractivity (Wildman–Crippen MR) is 126 cm³/mol. The van der Waals surface area contributed by atoms with E-state index in [2.05, 4.69) is 34.7 Å². The van der Waals surface area contributed by atoms with E-state index < -0.39 is 20.0 Å². The second-order valence-electron chi connectivity index (χ2n) is 8.39. The summed E-state index contributed by atoms with van der Waals surface area (Å²) in [5.41, 5.74) is 2.65. The lowest BCUT2D eigenvalue weighted by Crippen LogP contribution is -2.45. The number of benzene rings is 2. The smallest absolute Gasteiger partial charge is 0.243 e. The van der Waals surface area contributed by atoms with Crippen LogP contribution in [0, 0.1) is 0 Å². The van der Waals surface area contributed by atoms with Crippen molar-refractivity contribution in [2.75, 3.05) is 39.4 Å². The van der Waals surface area contributed by atoms with E-state index >= 15 is 0 Å².